The summed E-state index contributed by atoms with van der Waals surface area (Å²) in [6.45, 7) is 7.31. The Labute approximate surface area is 133 Å². The van der Waals surface area contributed by atoms with Crippen LogP contribution in [0.2, 0.25) is 0 Å². The molecule has 0 unspecified atom stereocenters. The van der Waals surface area contributed by atoms with Crippen molar-refractivity contribution in [2.45, 2.75) is 38.6 Å². The van der Waals surface area contributed by atoms with Crippen LogP contribution >= 0.6 is 22.7 Å². The van der Waals surface area contributed by atoms with Gasteiger partial charge in [0.25, 0.3) is 10.0 Å². The fourth-order valence-corrected chi connectivity index (χ4v) is 5.46. The first-order valence-electron chi connectivity index (χ1n) is 6.74. The van der Waals surface area contributed by atoms with Gasteiger partial charge in [-0.3, -0.25) is 4.72 Å². The lowest BCUT2D eigenvalue weighted by atomic mass is 10.3. The molecule has 0 aliphatic heterocycles. The quantitative estimate of drug-likeness (QED) is 0.809. The first kappa shape index (κ1) is 16.4. The minimum atomic E-state index is -3.57. The summed E-state index contributed by atoms with van der Waals surface area (Å²) in [7, 11) is -3.57. The maximum absolute atomic E-state index is 12.5. The molecule has 0 aliphatic carbocycles. The second kappa shape index (κ2) is 6.87. The van der Waals surface area contributed by atoms with E-state index in [2.05, 4.69) is 15.0 Å². The summed E-state index contributed by atoms with van der Waals surface area (Å²) < 4.78 is 27.6. The number of anilines is 1. The first-order chi connectivity index (χ1) is 9.97. The highest BCUT2D eigenvalue weighted by molar-refractivity contribution is 7.93. The van der Waals surface area contributed by atoms with E-state index in [9.17, 15) is 8.42 Å². The Hall–Kier alpha value is -0.960. The van der Waals surface area contributed by atoms with Crippen molar-refractivity contribution in [1.82, 2.24) is 10.3 Å². The maximum atomic E-state index is 12.5. The van der Waals surface area contributed by atoms with E-state index in [1.807, 2.05) is 20.8 Å². The molecule has 5 nitrogen and oxygen atoms in total. The molecule has 0 amide bonds. The third-order valence-electron chi connectivity index (χ3n) is 2.98. The Bertz CT molecular complexity index is 704. The van der Waals surface area contributed by atoms with Gasteiger partial charge in [0.2, 0.25) is 0 Å². The number of rotatable bonds is 7. The smallest absolute Gasteiger partial charge is 0.264 e. The number of nitrogens with one attached hydrogen (secondary N) is 2. The molecule has 0 fully saturated rings. The number of sulfonamides is 1. The molecule has 0 aliphatic rings. The van der Waals surface area contributed by atoms with Gasteiger partial charge in [-0.15, -0.1) is 22.7 Å². The second-order valence-corrected chi connectivity index (χ2v) is 8.32. The molecule has 116 valence electrons. The van der Waals surface area contributed by atoms with E-state index >= 15 is 0 Å². The predicted molar refractivity (Wildman–Crippen MR) is 88.7 cm³/mol. The van der Waals surface area contributed by atoms with Crippen LogP contribution in [-0.4, -0.2) is 19.9 Å². The number of hydrogen-bond acceptors (Lipinski definition) is 6. The van der Waals surface area contributed by atoms with Gasteiger partial charge in [0.1, 0.15) is 4.90 Å². The SMILES string of the molecule is CCNCc1sccc1S(=O)(=O)Nc1nc(CC)c(C)s1. The lowest BCUT2D eigenvalue weighted by molar-refractivity contribution is 0.599. The van der Waals surface area contributed by atoms with E-state index in [1.54, 1.807) is 11.4 Å². The monoisotopic (exact) mass is 345 g/mol. The van der Waals surface area contributed by atoms with Gasteiger partial charge in [0, 0.05) is 16.3 Å². The van der Waals surface area contributed by atoms with E-state index in [0.717, 1.165) is 28.4 Å². The van der Waals surface area contributed by atoms with Crippen molar-refractivity contribution in [2.24, 2.45) is 0 Å². The van der Waals surface area contributed by atoms with Crippen molar-refractivity contribution in [3.63, 3.8) is 0 Å². The van der Waals surface area contributed by atoms with E-state index in [1.165, 1.54) is 22.7 Å². The molecule has 0 saturated carbocycles. The van der Waals surface area contributed by atoms with Gasteiger partial charge in [-0.05, 0) is 31.3 Å². The minimum Gasteiger partial charge on any atom is -0.312 e. The second-order valence-electron chi connectivity index (χ2n) is 4.47. The van der Waals surface area contributed by atoms with Gasteiger partial charge in [-0.2, -0.15) is 0 Å². The van der Waals surface area contributed by atoms with Crippen LogP contribution in [0.1, 0.15) is 29.3 Å². The predicted octanol–water partition coefficient (Wildman–Crippen LogP) is 2.99. The third kappa shape index (κ3) is 3.82. The highest BCUT2D eigenvalue weighted by atomic mass is 32.2. The zero-order valence-electron chi connectivity index (χ0n) is 12.3. The van der Waals surface area contributed by atoms with E-state index in [4.69, 9.17) is 0 Å². The van der Waals surface area contributed by atoms with Crippen LogP contribution in [0.25, 0.3) is 0 Å². The van der Waals surface area contributed by atoms with E-state index in [-0.39, 0.29) is 0 Å². The molecule has 2 aromatic rings. The Kier molecular flexibility index (Phi) is 5.37. The maximum Gasteiger partial charge on any atom is 0.264 e. The zero-order chi connectivity index (χ0) is 15.5. The molecule has 0 bridgehead atoms. The topological polar surface area (TPSA) is 71.1 Å². The fraction of sp³-hybridized carbons (Fsp3) is 0.462. The summed E-state index contributed by atoms with van der Waals surface area (Å²) in [5, 5.41) is 5.39. The zero-order valence-corrected chi connectivity index (χ0v) is 14.7. The van der Waals surface area contributed by atoms with Crippen LogP contribution in [-0.2, 0) is 23.0 Å². The van der Waals surface area contributed by atoms with Crippen LogP contribution in [0.3, 0.4) is 0 Å². The summed E-state index contributed by atoms with van der Waals surface area (Å²) in [6, 6.07) is 1.64. The molecular weight excluding hydrogens is 326 g/mol. The van der Waals surface area contributed by atoms with Crippen LogP contribution < -0.4 is 10.0 Å². The number of hydrogen-bond donors (Lipinski definition) is 2. The van der Waals surface area contributed by atoms with E-state index in [0.29, 0.717) is 16.6 Å². The first-order valence-corrected chi connectivity index (χ1v) is 9.92. The van der Waals surface area contributed by atoms with Crippen LogP contribution in [0, 0.1) is 6.92 Å². The summed E-state index contributed by atoms with van der Waals surface area (Å²) in [4.78, 5) is 6.53. The molecule has 0 radical (unpaired) electrons. The summed E-state index contributed by atoms with van der Waals surface area (Å²) in [5.41, 5.74) is 0.941. The molecule has 0 aromatic carbocycles. The standard InChI is InChI=1S/C13H19N3O2S3/c1-4-10-9(3)20-13(15-10)16-21(17,18)12-6-7-19-11(12)8-14-5-2/h6-7,14H,4-5,8H2,1-3H3,(H,15,16). The van der Waals surface area contributed by atoms with Crippen molar-refractivity contribution < 1.29 is 8.42 Å². The molecule has 21 heavy (non-hydrogen) atoms. The molecule has 0 saturated heterocycles. The lowest BCUT2D eigenvalue weighted by Crippen LogP contribution is -2.17. The van der Waals surface area contributed by atoms with Crippen molar-refractivity contribution in [3.05, 3.63) is 26.9 Å². The van der Waals surface area contributed by atoms with Crippen molar-refractivity contribution >= 4 is 37.8 Å². The van der Waals surface area contributed by atoms with Gasteiger partial charge in [-0.25, -0.2) is 13.4 Å². The summed E-state index contributed by atoms with van der Waals surface area (Å²) >= 11 is 2.81. The third-order valence-corrected chi connectivity index (χ3v) is 6.51. The fourth-order valence-electron chi connectivity index (χ4n) is 1.91. The van der Waals surface area contributed by atoms with Gasteiger partial charge in [0.15, 0.2) is 5.13 Å². The van der Waals surface area contributed by atoms with Crippen molar-refractivity contribution in [3.8, 4) is 0 Å². The van der Waals surface area contributed by atoms with Gasteiger partial charge >= 0.3 is 0 Å². The number of nitrogens with zero attached hydrogens (tertiary/aromatic N) is 1. The molecule has 0 spiro atoms. The Balaban J connectivity index is 2.23. The average molecular weight is 346 g/mol. The minimum absolute atomic E-state index is 0.333. The number of thiophene rings is 1. The molecule has 0 atom stereocenters. The molecule has 2 N–H and O–H groups in total. The van der Waals surface area contributed by atoms with Gasteiger partial charge < -0.3 is 5.32 Å². The number of aromatic nitrogens is 1. The van der Waals surface area contributed by atoms with E-state index < -0.39 is 10.0 Å². The van der Waals surface area contributed by atoms with Crippen molar-refractivity contribution in [2.75, 3.05) is 11.3 Å². The van der Waals surface area contributed by atoms with Crippen LogP contribution in [0.15, 0.2) is 16.3 Å². The van der Waals surface area contributed by atoms with Crippen LogP contribution in [0.4, 0.5) is 5.13 Å². The lowest BCUT2D eigenvalue weighted by Gasteiger charge is -2.06. The largest absolute Gasteiger partial charge is 0.312 e. The van der Waals surface area contributed by atoms with Gasteiger partial charge in [-0.1, -0.05) is 13.8 Å². The number of aryl methyl sites for hydroxylation is 2. The summed E-state index contributed by atoms with van der Waals surface area (Å²) in [5.74, 6) is 0. The highest BCUT2D eigenvalue weighted by Gasteiger charge is 2.21. The Morgan fingerprint density at radius 2 is 2.10 bits per heavy atom. The van der Waals surface area contributed by atoms with Crippen LogP contribution in [0.5, 0.6) is 0 Å². The molecular formula is C13H19N3O2S3. The normalized spacial score (nSPS) is 11.8. The number of thiazole rings is 1. The summed E-state index contributed by atoms with van der Waals surface area (Å²) in [6.07, 6.45) is 0.800. The average Bonchev–Trinajstić information content (AvgIpc) is 3.02. The molecule has 2 rings (SSSR count). The highest BCUT2D eigenvalue weighted by Crippen LogP contribution is 2.27. The Morgan fingerprint density at radius 1 is 1.33 bits per heavy atom. The van der Waals surface area contributed by atoms with Crippen molar-refractivity contribution in [1.29, 1.82) is 0 Å². The molecule has 2 aromatic heterocycles. The van der Waals surface area contributed by atoms with Gasteiger partial charge in [0.05, 0.1) is 5.69 Å². The molecule has 8 heteroatoms. The Morgan fingerprint density at radius 3 is 2.71 bits per heavy atom. The molecule has 2 heterocycles.